The Morgan fingerprint density at radius 3 is 2.65 bits per heavy atom. The summed E-state index contributed by atoms with van der Waals surface area (Å²) in [5.74, 6) is 0.768. The molecule has 1 aliphatic heterocycles. The number of aliphatic hydroxyl groups is 1. The second-order valence-corrected chi connectivity index (χ2v) is 6.81. The summed E-state index contributed by atoms with van der Waals surface area (Å²) in [7, 11) is 0. The van der Waals surface area contributed by atoms with Crippen molar-refractivity contribution in [1.29, 1.82) is 0 Å². The van der Waals surface area contributed by atoms with Gasteiger partial charge < -0.3 is 15.3 Å². The number of likely N-dealkylation sites (tertiary alicyclic amines) is 1. The lowest BCUT2D eigenvalue weighted by atomic mass is 9.90. The molecule has 0 aromatic carbocycles. The van der Waals surface area contributed by atoms with Gasteiger partial charge in [-0.25, -0.2) is 0 Å². The topological polar surface area (TPSA) is 35.5 Å². The number of rotatable bonds is 10. The van der Waals surface area contributed by atoms with Crippen LogP contribution in [0.5, 0.6) is 0 Å². The molecular formula is C17H36N2O. The fourth-order valence-electron chi connectivity index (χ4n) is 3.53. The van der Waals surface area contributed by atoms with Crippen LogP contribution in [0.15, 0.2) is 0 Å². The summed E-state index contributed by atoms with van der Waals surface area (Å²) in [6.07, 6.45) is 7.14. The van der Waals surface area contributed by atoms with Crippen molar-refractivity contribution in [1.82, 2.24) is 10.2 Å². The normalized spacial score (nSPS) is 23.4. The third kappa shape index (κ3) is 5.01. The number of nitrogens with zero attached hydrogens (tertiary/aromatic N) is 1. The van der Waals surface area contributed by atoms with Gasteiger partial charge in [-0.1, -0.05) is 27.7 Å². The van der Waals surface area contributed by atoms with Gasteiger partial charge in [0.15, 0.2) is 0 Å². The van der Waals surface area contributed by atoms with Crippen molar-refractivity contribution in [3.8, 4) is 0 Å². The molecule has 0 aromatic heterocycles. The molecule has 1 heterocycles. The Hall–Kier alpha value is -0.120. The lowest BCUT2D eigenvalue weighted by molar-refractivity contribution is 0.133. The number of hydrogen-bond donors (Lipinski definition) is 2. The van der Waals surface area contributed by atoms with Crippen molar-refractivity contribution in [3.05, 3.63) is 0 Å². The summed E-state index contributed by atoms with van der Waals surface area (Å²) in [6, 6.07) is 0.781. The molecule has 0 spiro atoms. The highest BCUT2D eigenvalue weighted by Gasteiger charge is 2.29. The van der Waals surface area contributed by atoms with E-state index in [-0.39, 0.29) is 12.1 Å². The molecule has 0 aromatic rings. The van der Waals surface area contributed by atoms with E-state index >= 15 is 0 Å². The lowest BCUT2D eigenvalue weighted by Gasteiger charge is -2.34. The van der Waals surface area contributed by atoms with Crippen molar-refractivity contribution in [2.75, 3.05) is 26.2 Å². The SMILES string of the molecule is CCCNC(CC)(CO)CCCN1CCCC1C(C)C. The molecule has 0 aliphatic carbocycles. The Bertz CT molecular complexity index is 251. The van der Waals surface area contributed by atoms with Crippen molar-refractivity contribution in [2.45, 2.75) is 77.8 Å². The van der Waals surface area contributed by atoms with Gasteiger partial charge >= 0.3 is 0 Å². The van der Waals surface area contributed by atoms with Crippen LogP contribution in [0.1, 0.15) is 66.2 Å². The first-order valence-electron chi connectivity index (χ1n) is 8.68. The maximum Gasteiger partial charge on any atom is 0.0613 e. The Morgan fingerprint density at radius 2 is 2.10 bits per heavy atom. The smallest absolute Gasteiger partial charge is 0.0613 e. The molecule has 1 aliphatic rings. The summed E-state index contributed by atoms with van der Waals surface area (Å²) >= 11 is 0. The van der Waals surface area contributed by atoms with Crippen LogP contribution in [0.25, 0.3) is 0 Å². The summed E-state index contributed by atoms with van der Waals surface area (Å²) in [6.45, 7) is 12.8. The van der Waals surface area contributed by atoms with Gasteiger partial charge in [0.05, 0.1) is 6.61 Å². The summed E-state index contributed by atoms with van der Waals surface area (Å²) < 4.78 is 0. The zero-order chi connectivity index (χ0) is 15.0. The highest BCUT2D eigenvalue weighted by Crippen LogP contribution is 2.25. The number of hydrogen-bond acceptors (Lipinski definition) is 3. The van der Waals surface area contributed by atoms with Gasteiger partial charge in [0.2, 0.25) is 0 Å². The molecule has 1 rings (SSSR count). The van der Waals surface area contributed by atoms with Crippen LogP contribution < -0.4 is 5.32 Å². The maximum atomic E-state index is 9.76. The van der Waals surface area contributed by atoms with E-state index in [2.05, 4.69) is 37.9 Å². The van der Waals surface area contributed by atoms with Crippen LogP contribution in [-0.4, -0.2) is 47.8 Å². The molecule has 0 bridgehead atoms. The third-order valence-corrected chi connectivity index (χ3v) is 5.01. The molecule has 3 nitrogen and oxygen atoms in total. The van der Waals surface area contributed by atoms with Crippen LogP contribution >= 0.6 is 0 Å². The Labute approximate surface area is 126 Å². The van der Waals surface area contributed by atoms with Crippen LogP contribution in [-0.2, 0) is 0 Å². The van der Waals surface area contributed by atoms with Crippen LogP contribution in [0.2, 0.25) is 0 Å². The zero-order valence-electron chi connectivity index (χ0n) is 14.1. The first-order chi connectivity index (χ1) is 9.58. The predicted molar refractivity (Wildman–Crippen MR) is 87.1 cm³/mol. The molecule has 20 heavy (non-hydrogen) atoms. The van der Waals surface area contributed by atoms with E-state index in [1.54, 1.807) is 0 Å². The Kier molecular flexibility index (Phi) is 8.08. The third-order valence-electron chi connectivity index (χ3n) is 5.01. The Morgan fingerprint density at radius 1 is 1.35 bits per heavy atom. The first kappa shape index (κ1) is 17.9. The molecule has 0 saturated carbocycles. The van der Waals surface area contributed by atoms with Crippen LogP contribution in [0, 0.1) is 5.92 Å². The molecule has 0 radical (unpaired) electrons. The Balaban J connectivity index is 2.40. The molecule has 1 saturated heterocycles. The predicted octanol–water partition coefficient (Wildman–Crippen LogP) is 3.03. The fourth-order valence-corrected chi connectivity index (χ4v) is 3.53. The second kappa shape index (κ2) is 9.01. The molecule has 3 heteroatoms. The van der Waals surface area contributed by atoms with Crippen LogP contribution in [0.3, 0.4) is 0 Å². The van der Waals surface area contributed by atoms with Gasteiger partial charge in [0, 0.05) is 11.6 Å². The largest absolute Gasteiger partial charge is 0.394 e. The average molecular weight is 284 g/mol. The van der Waals surface area contributed by atoms with Crippen molar-refractivity contribution in [3.63, 3.8) is 0 Å². The molecular weight excluding hydrogens is 248 g/mol. The van der Waals surface area contributed by atoms with Crippen molar-refractivity contribution < 1.29 is 5.11 Å². The van der Waals surface area contributed by atoms with Gasteiger partial charge in [-0.3, -0.25) is 0 Å². The molecule has 2 atom stereocenters. The summed E-state index contributed by atoms with van der Waals surface area (Å²) in [5, 5.41) is 13.3. The first-order valence-corrected chi connectivity index (χ1v) is 8.68. The molecule has 120 valence electrons. The monoisotopic (exact) mass is 284 g/mol. The molecule has 1 fully saturated rings. The summed E-state index contributed by atoms with van der Waals surface area (Å²) in [4.78, 5) is 2.67. The minimum atomic E-state index is -0.0525. The minimum absolute atomic E-state index is 0.0525. The lowest BCUT2D eigenvalue weighted by Crippen LogP contribution is -2.49. The molecule has 2 N–H and O–H groups in total. The van der Waals surface area contributed by atoms with Gasteiger partial charge in [0.25, 0.3) is 0 Å². The standard InChI is InChI=1S/C17H36N2O/c1-5-11-18-17(6-2,14-20)10-8-13-19-12-7-9-16(19)15(3)4/h15-16,18,20H,5-14H2,1-4H3. The summed E-state index contributed by atoms with van der Waals surface area (Å²) in [5.41, 5.74) is -0.0525. The van der Waals surface area contributed by atoms with Crippen molar-refractivity contribution >= 4 is 0 Å². The van der Waals surface area contributed by atoms with Gasteiger partial charge in [-0.2, -0.15) is 0 Å². The van der Waals surface area contributed by atoms with E-state index in [1.807, 2.05) is 0 Å². The average Bonchev–Trinajstić information content (AvgIpc) is 2.91. The maximum absolute atomic E-state index is 9.76. The van der Waals surface area contributed by atoms with Gasteiger partial charge in [-0.05, 0) is 64.1 Å². The van der Waals surface area contributed by atoms with E-state index in [0.717, 1.165) is 37.8 Å². The molecule has 2 unspecified atom stereocenters. The highest BCUT2D eigenvalue weighted by molar-refractivity contribution is 4.87. The molecule has 0 amide bonds. The van der Waals surface area contributed by atoms with E-state index < -0.39 is 0 Å². The minimum Gasteiger partial charge on any atom is -0.394 e. The second-order valence-electron chi connectivity index (χ2n) is 6.81. The van der Waals surface area contributed by atoms with Gasteiger partial charge in [-0.15, -0.1) is 0 Å². The van der Waals surface area contributed by atoms with E-state index in [1.165, 1.54) is 32.4 Å². The van der Waals surface area contributed by atoms with E-state index in [4.69, 9.17) is 0 Å². The van der Waals surface area contributed by atoms with Crippen LogP contribution in [0.4, 0.5) is 0 Å². The number of aliphatic hydroxyl groups excluding tert-OH is 1. The van der Waals surface area contributed by atoms with E-state index in [0.29, 0.717) is 0 Å². The zero-order valence-corrected chi connectivity index (χ0v) is 14.1. The van der Waals surface area contributed by atoms with Crippen molar-refractivity contribution in [2.24, 2.45) is 5.92 Å². The number of nitrogens with one attached hydrogen (secondary N) is 1. The quantitative estimate of drug-likeness (QED) is 0.647. The fraction of sp³-hybridized carbons (Fsp3) is 1.00. The van der Waals surface area contributed by atoms with E-state index in [9.17, 15) is 5.11 Å². The van der Waals surface area contributed by atoms with Gasteiger partial charge in [0.1, 0.15) is 0 Å². The highest BCUT2D eigenvalue weighted by atomic mass is 16.3.